The predicted octanol–water partition coefficient (Wildman–Crippen LogP) is 14.5. The van der Waals surface area contributed by atoms with Crippen molar-refractivity contribution < 1.29 is 26.0 Å². The van der Waals surface area contributed by atoms with Crippen molar-refractivity contribution in [3.05, 3.63) is 7.18 Å². The Morgan fingerprint density at radius 3 is 0.750 bits per heavy atom. The molecule has 308 valence electrons. The number of carboxylic acid groups (broad SMARTS) is 2. The molecule has 0 aromatic rings. The third kappa shape index (κ3) is 23.3. The Kier molecular flexibility index (Phi) is 29.6. The SMILES string of the molecule is CCCCCCC[CH2][Sn]([CH2]CCCCCCC)([O]C(C)(C)C)/[C](C(=O)O)=[C](/C(=O)O)[Sn]([CH2]CCCCCCC)([CH2]CCCCCCC)[O]C(C)(C)C. The van der Waals surface area contributed by atoms with E-state index >= 15 is 0 Å². The van der Waals surface area contributed by atoms with Crippen LogP contribution < -0.4 is 0 Å². The van der Waals surface area contributed by atoms with Gasteiger partial charge in [0.1, 0.15) is 0 Å². The van der Waals surface area contributed by atoms with Gasteiger partial charge in [0.25, 0.3) is 0 Å². The van der Waals surface area contributed by atoms with Gasteiger partial charge in [-0.3, -0.25) is 0 Å². The van der Waals surface area contributed by atoms with Crippen molar-refractivity contribution >= 4 is 49.5 Å². The van der Waals surface area contributed by atoms with Crippen LogP contribution in [0.15, 0.2) is 7.18 Å². The third-order valence-corrected chi connectivity index (χ3v) is 39.2. The molecule has 8 heteroatoms. The van der Waals surface area contributed by atoms with Gasteiger partial charge in [-0.1, -0.05) is 0 Å². The van der Waals surface area contributed by atoms with Crippen LogP contribution in [0.25, 0.3) is 0 Å². The van der Waals surface area contributed by atoms with Crippen molar-refractivity contribution in [2.45, 2.75) is 252 Å². The molecule has 0 bridgehead atoms. The zero-order valence-electron chi connectivity index (χ0n) is 36.3. The molecule has 0 aliphatic rings. The molecule has 52 heavy (non-hydrogen) atoms. The summed E-state index contributed by atoms with van der Waals surface area (Å²) in [5.74, 6) is -2.06. The van der Waals surface area contributed by atoms with E-state index in [0.717, 1.165) is 94.8 Å². The average molecular weight is 951 g/mol. The molecule has 0 heterocycles. The number of rotatable bonds is 34. The summed E-state index contributed by atoms with van der Waals surface area (Å²) in [5.41, 5.74) is -1.13. The second-order valence-electron chi connectivity index (χ2n) is 17.8. The number of aliphatic carboxylic acids is 2. The van der Waals surface area contributed by atoms with E-state index in [-0.39, 0.29) is 7.18 Å². The average Bonchev–Trinajstić information content (AvgIpc) is 3.04. The van der Waals surface area contributed by atoms with Gasteiger partial charge in [0.05, 0.1) is 0 Å². The fourth-order valence-corrected chi connectivity index (χ4v) is 44.3. The van der Waals surface area contributed by atoms with Gasteiger partial charge < -0.3 is 0 Å². The van der Waals surface area contributed by atoms with E-state index in [1.165, 1.54) is 77.0 Å². The van der Waals surface area contributed by atoms with Crippen LogP contribution in [0.5, 0.6) is 0 Å². The Morgan fingerprint density at radius 1 is 0.385 bits per heavy atom. The molecule has 0 aromatic carbocycles. The maximum atomic E-state index is 14.1. The van der Waals surface area contributed by atoms with Crippen LogP contribution in [0.2, 0.25) is 17.7 Å². The molecule has 0 fully saturated rings. The fraction of sp³-hybridized carbons (Fsp3) is 0.909. The first-order valence-electron chi connectivity index (χ1n) is 22.2. The van der Waals surface area contributed by atoms with E-state index in [2.05, 4.69) is 69.2 Å². The van der Waals surface area contributed by atoms with Gasteiger partial charge in [0.15, 0.2) is 0 Å². The van der Waals surface area contributed by atoms with Crippen molar-refractivity contribution in [1.82, 2.24) is 0 Å². The Balaban J connectivity index is 7.64. The van der Waals surface area contributed by atoms with E-state index < -0.39 is 60.7 Å². The molecule has 0 saturated heterocycles. The summed E-state index contributed by atoms with van der Waals surface area (Å²) in [6.45, 7) is 21.2. The quantitative estimate of drug-likeness (QED) is 0.0379. The third-order valence-electron chi connectivity index (χ3n) is 10.3. The molecule has 0 unspecified atom stereocenters. The molecule has 0 aliphatic heterocycles. The molecule has 0 aromatic heterocycles. The minimum atomic E-state index is -4.42. The van der Waals surface area contributed by atoms with Crippen LogP contribution in [-0.4, -0.2) is 70.9 Å². The number of carboxylic acids is 2. The van der Waals surface area contributed by atoms with Crippen molar-refractivity contribution in [3.8, 4) is 0 Å². The summed E-state index contributed by atoms with van der Waals surface area (Å²) in [7, 11) is 0. The van der Waals surface area contributed by atoms with Crippen LogP contribution in [0.4, 0.5) is 0 Å². The summed E-state index contributed by atoms with van der Waals surface area (Å²) in [6.07, 6.45) is 26.7. The van der Waals surface area contributed by atoms with E-state index in [9.17, 15) is 19.8 Å². The van der Waals surface area contributed by atoms with Crippen LogP contribution in [0.1, 0.15) is 223 Å². The predicted molar refractivity (Wildman–Crippen MR) is 228 cm³/mol. The molecule has 0 aliphatic carbocycles. The van der Waals surface area contributed by atoms with Gasteiger partial charge >= 0.3 is 335 Å². The van der Waals surface area contributed by atoms with E-state index in [1.807, 2.05) is 0 Å². The van der Waals surface area contributed by atoms with Gasteiger partial charge in [0.2, 0.25) is 0 Å². The van der Waals surface area contributed by atoms with Gasteiger partial charge in [-0.15, -0.1) is 0 Å². The van der Waals surface area contributed by atoms with E-state index in [0.29, 0.717) is 0 Å². The Bertz CT molecular complexity index is 857. The van der Waals surface area contributed by atoms with Gasteiger partial charge in [-0.2, -0.15) is 0 Å². The molecule has 0 amide bonds. The summed E-state index contributed by atoms with van der Waals surface area (Å²) >= 11 is -8.85. The molecule has 0 atom stereocenters. The Hall–Kier alpha value is 0.197. The second kappa shape index (κ2) is 29.4. The number of unbranched alkanes of at least 4 members (excludes halogenated alkanes) is 20. The molecular weight excluding hydrogens is 862 g/mol. The summed E-state index contributed by atoms with van der Waals surface area (Å²) < 4.78 is 18.0. The molecule has 0 rings (SSSR count). The summed E-state index contributed by atoms with van der Waals surface area (Å²) in [6, 6.07) is 0. The van der Waals surface area contributed by atoms with Crippen molar-refractivity contribution in [2.75, 3.05) is 0 Å². The first-order valence-corrected chi connectivity index (χ1v) is 35.4. The first-order chi connectivity index (χ1) is 24.5. The first kappa shape index (κ1) is 52.2. The molecule has 0 radical (unpaired) electrons. The molecular formula is C44H88O6Sn2. The number of hydrogen-bond donors (Lipinski definition) is 2. The molecule has 0 spiro atoms. The number of hydrogen-bond acceptors (Lipinski definition) is 4. The van der Waals surface area contributed by atoms with Crippen molar-refractivity contribution in [3.63, 3.8) is 0 Å². The van der Waals surface area contributed by atoms with E-state index in [1.54, 1.807) is 0 Å². The zero-order valence-corrected chi connectivity index (χ0v) is 42.0. The standard InChI is InChI=1S/4C8H17.C4H2O4.2C4H9O.2Sn/c4*1-3-5-7-8-6-4-2;5-3(6)1-2-4(7)8;2*1-4(2,3)5;;/h4*1,3-8H2,2H3;(H,5,6)(H,7,8);2*1-3H3;;/q;;;;;2*-1;2*+1. The Morgan fingerprint density at radius 2 is 0.577 bits per heavy atom. The minimum absolute atomic E-state index is 0.246. The number of carbonyl (C=O) groups is 2. The Labute approximate surface area is 332 Å². The summed E-state index contributed by atoms with van der Waals surface area (Å²) in [5, 5.41) is 23.0. The topological polar surface area (TPSA) is 93.1 Å². The van der Waals surface area contributed by atoms with Crippen LogP contribution in [-0.2, 0) is 15.7 Å². The maximum absolute atomic E-state index is 14.1. The van der Waals surface area contributed by atoms with Crippen LogP contribution >= 0.6 is 0 Å². The van der Waals surface area contributed by atoms with Gasteiger partial charge in [-0.05, 0) is 0 Å². The van der Waals surface area contributed by atoms with Gasteiger partial charge in [0, 0.05) is 0 Å². The fourth-order valence-electron chi connectivity index (χ4n) is 8.05. The zero-order chi connectivity index (χ0) is 39.5. The normalized spacial score (nSPS) is 13.4. The molecule has 6 nitrogen and oxygen atoms in total. The monoisotopic (exact) mass is 952 g/mol. The van der Waals surface area contributed by atoms with Crippen molar-refractivity contribution in [2.24, 2.45) is 0 Å². The second-order valence-corrected chi connectivity index (χ2v) is 38.9. The molecule has 0 saturated carbocycles. The molecule has 2 N–H and O–H groups in total. The van der Waals surface area contributed by atoms with E-state index in [4.69, 9.17) is 6.15 Å². The van der Waals surface area contributed by atoms with Crippen LogP contribution in [0, 0.1) is 0 Å². The van der Waals surface area contributed by atoms with Crippen LogP contribution in [0.3, 0.4) is 0 Å². The summed E-state index contributed by atoms with van der Waals surface area (Å²) in [4.78, 5) is 28.1. The van der Waals surface area contributed by atoms with Crippen molar-refractivity contribution in [1.29, 1.82) is 0 Å². The van der Waals surface area contributed by atoms with Gasteiger partial charge in [-0.25, -0.2) is 0 Å².